The molecular formula is C24H17Cl2N3O3S2. The van der Waals surface area contributed by atoms with Crippen molar-refractivity contribution in [3.63, 3.8) is 0 Å². The van der Waals surface area contributed by atoms with Crippen molar-refractivity contribution >= 4 is 61.3 Å². The van der Waals surface area contributed by atoms with Crippen LogP contribution >= 0.6 is 34.5 Å². The number of sulfonamides is 1. The minimum Gasteiger partial charge on any atom is -0.457 e. The first-order chi connectivity index (χ1) is 16.4. The van der Waals surface area contributed by atoms with E-state index in [1.54, 1.807) is 18.2 Å². The molecule has 0 spiro atoms. The molecule has 0 fully saturated rings. The van der Waals surface area contributed by atoms with Crippen LogP contribution in [0, 0.1) is 0 Å². The lowest BCUT2D eigenvalue weighted by Crippen LogP contribution is -2.12. The minimum absolute atomic E-state index is 0.0494. The zero-order valence-electron chi connectivity index (χ0n) is 17.5. The van der Waals surface area contributed by atoms with Gasteiger partial charge in [0, 0.05) is 6.42 Å². The fourth-order valence-electron chi connectivity index (χ4n) is 3.42. The Hall–Kier alpha value is -3.04. The molecule has 34 heavy (non-hydrogen) atoms. The number of hydrogen-bond donors (Lipinski definition) is 2. The second-order valence-electron chi connectivity index (χ2n) is 7.45. The van der Waals surface area contributed by atoms with Crippen molar-refractivity contribution in [3.8, 4) is 11.5 Å². The Morgan fingerprint density at radius 1 is 0.941 bits per heavy atom. The highest BCUT2D eigenvalue weighted by atomic mass is 35.5. The number of rotatable bonds is 7. The molecule has 2 heterocycles. The van der Waals surface area contributed by atoms with Crippen LogP contribution in [-0.2, 0) is 16.4 Å². The number of nitrogens with zero attached hydrogens (tertiary/aromatic N) is 1. The summed E-state index contributed by atoms with van der Waals surface area (Å²) in [6.07, 6.45) is 0.588. The number of thiophene rings is 1. The number of hydrogen-bond acceptors (Lipinski definition) is 5. The number of para-hydroxylation sites is 1. The van der Waals surface area contributed by atoms with Crippen molar-refractivity contribution in [1.82, 2.24) is 9.97 Å². The first-order valence-electron chi connectivity index (χ1n) is 10.1. The fraction of sp³-hybridized carbons (Fsp3) is 0.0417. The van der Waals surface area contributed by atoms with Crippen molar-refractivity contribution in [2.75, 3.05) is 4.72 Å². The van der Waals surface area contributed by atoms with Crippen molar-refractivity contribution < 1.29 is 13.2 Å². The average Bonchev–Trinajstić information content (AvgIpc) is 3.37. The molecule has 0 aliphatic heterocycles. The number of aromatic nitrogens is 2. The predicted molar refractivity (Wildman–Crippen MR) is 137 cm³/mol. The van der Waals surface area contributed by atoms with Crippen LogP contribution in [0.25, 0.3) is 11.0 Å². The summed E-state index contributed by atoms with van der Waals surface area (Å²) in [5, 5.41) is 0. The first-order valence-corrected chi connectivity index (χ1v) is 13.2. The highest BCUT2D eigenvalue weighted by molar-refractivity contribution is 7.93. The second-order valence-corrected chi connectivity index (χ2v) is 11.4. The monoisotopic (exact) mass is 529 g/mol. The standard InChI is InChI=1S/C24H17Cl2N3O3S2/c25-22-14-21(24(26)33-22)34(30,31)29-16-8-11-19-20(13-16)28-23(27-19)12-15-6-9-18(10-7-15)32-17-4-2-1-3-5-17/h1-11,13-14,29H,12H2,(H,27,28). The van der Waals surface area contributed by atoms with E-state index in [1.165, 1.54) is 6.07 Å². The van der Waals surface area contributed by atoms with Crippen molar-refractivity contribution in [1.29, 1.82) is 0 Å². The number of aromatic amines is 1. The maximum Gasteiger partial charge on any atom is 0.264 e. The normalized spacial score (nSPS) is 11.6. The molecule has 3 aromatic carbocycles. The van der Waals surface area contributed by atoms with Gasteiger partial charge in [0.1, 0.15) is 26.6 Å². The molecule has 0 amide bonds. The Balaban J connectivity index is 1.30. The molecule has 0 atom stereocenters. The summed E-state index contributed by atoms with van der Waals surface area (Å²) in [5.41, 5.74) is 2.89. The molecule has 172 valence electrons. The zero-order valence-corrected chi connectivity index (χ0v) is 20.6. The quantitative estimate of drug-likeness (QED) is 0.235. The summed E-state index contributed by atoms with van der Waals surface area (Å²) in [6.45, 7) is 0. The van der Waals surface area contributed by atoms with Crippen LogP contribution in [0.4, 0.5) is 5.69 Å². The largest absolute Gasteiger partial charge is 0.457 e. The second kappa shape index (κ2) is 9.31. The van der Waals surface area contributed by atoms with E-state index in [9.17, 15) is 8.42 Å². The van der Waals surface area contributed by atoms with E-state index < -0.39 is 10.0 Å². The molecule has 5 aromatic rings. The average molecular weight is 530 g/mol. The Labute approximate surface area is 210 Å². The molecule has 10 heteroatoms. The zero-order chi connectivity index (χ0) is 23.7. The molecule has 2 N–H and O–H groups in total. The molecule has 0 bridgehead atoms. The smallest absolute Gasteiger partial charge is 0.264 e. The van der Waals surface area contributed by atoms with Crippen molar-refractivity contribution in [3.05, 3.63) is 98.9 Å². The van der Waals surface area contributed by atoms with Gasteiger partial charge in [0.25, 0.3) is 10.0 Å². The lowest BCUT2D eigenvalue weighted by atomic mass is 10.1. The van der Waals surface area contributed by atoms with Gasteiger partial charge in [0.05, 0.1) is 21.1 Å². The number of H-pyrrole nitrogens is 1. The van der Waals surface area contributed by atoms with E-state index in [1.807, 2.05) is 54.6 Å². The predicted octanol–water partition coefficient (Wildman–Crippen LogP) is 7.12. The number of imidazole rings is 1. The summed E-state index contributed by atoms with van der Waals surface area (Å²) in [4.78, 5) is 7.84. The van der Waals surface area contributed by atoms with Crippen LogP contribution in [0.2, 0.25) is 8.67 Å². The van der Waals surface area contributed by atoms with Crippen LogP contribution in [0.5, 0.6) is 11.5 Å². The van der Waals surface area contributed by atoms with E-state index in [0.29, 0.717) is 22.0 Å². The highest BCUT2D eigenvalue weighted by Crippen LogP contribution is 2.35. The van der Waals surface area contributed by atoms with Gasteiger partial charge in [-0.3, -0.25) is 4.72 Å². The van der Waals surface area contributed by atoms with Crippen LogP contribution in [-0.4, -0.2) is 18.4 Å². The third-order valence-corrected chi connectivity index (χ3v) is 8.11. The molecule has 0 aliphatic carbocycles. The summed E-state index contributed by atoms with van der Waals surface area (Å²) in [5.74, 6) is 2.30. The third-order valence-electron chi connectivity index (χ3n) is 4.97. The van der Waals surface area contributed by atoms with Crippen LogP contribution < -0.4 is 9.46 Å². The molecule has 5 rings (SSSR count). The van der Waals surface area contributed by atoms with Crippen LogP contribution in [0.1, 0.15) is 11.4 Å². The molecular weight excluding hydrogens is 513 g/mol. The minimum atomic E-state index is -3.87. The number of ether oxygens (including phenoxy) is 1. The van der Waals surface area contributed by atoms with E-state index >= 15 is 0 Å². The molecule has 0 saturated heterocycles. The van der Waals surface area contributed by atoms with Gasteiger partial charge >= 0.3 is 0 Å². The van der Waals surface area contributed by atoms with Gasteiger partial charge in [0.2, 0.25) is 0 Å². The number of fused-ring (bicyclic) bond motifs is 1. The van der Waals surface area contributed by atoms with Crippen LogP contribution in [0.3, 0.4) is 0 Å². The fourth-order valence-corrected chi connectivity index (χ4v) is 6.62. The molecule has 0 radical (unpaired) electrons. The molecule has 2 aromatic heterocycles. The van der Waals surface area contributed by atoms with E-state index in [4.69, 9.17) is 27.9 Å². The van der Waals surface area contributed by atoms with Gasteiger partial charge < -0.3 is 9.72 Å². The van der Waals surface area contributed by atoms with Gasteiger partial charge in [-0.25, -0.2) is 13.4 Å². The van der Waals surface area contributed by atoms with Crippen molar-refractivity contribution in [2.45, 2.75) is 11.3 Å². The number of nitrogens with one attached hydrogen (secondary N) is 2. The van der Waals surface area contributed by atoms with Crippen LogP contribution in [0.15, 0.2) is 83.8 Å². The molecule has 0 aliphatic rings. The lowest BCUT2D eigenvalue weighted by molar-refractivity contribution is 0.482. The van der Waals surface area contributed by atoms with Gasteiger partial charge in [-0.1, -0.05) is 53.5 Å². The number of anilines is 1. The maximum absolute atomic E-state index is 12.7. The summed E-state index contributed by atoms with van der Waals surface area (Å²) in [6, 6.07) is 23.9. The molecule has 0 unspecified atom stereocenters. The van der Waals surface area contributed by atoms with Gasteiger partial charge in [0.15, 0.2) is 0 Å². The summed E-state index contributed by atoms with van der Waals surface area (Å²) < 4.78 is 34.1. The van der Waals surface area contributed by atoms with E-state index in [2.05, 4.69) is 14.7 Å². The first kappa shape index (κ1) is 22.7. The third kappa shape index (κ3) is 5.05. The van der Waals surface area contributed by atoms with E-state index in [0.717, 1.165) is 39.7 Å². The summed E-state index contributed by atoms with van der Waals surface area (Å²) in [7, 11) is -3.87. The number of benzene rings is 3. The van der Waals surface area contributed by atoms with Gasteiger partial charge in [-0.05, 0) is 54.1 Å². The lowest BCUT2D eigenvalue weighted by Gasteiger charge is -2.06. The van der Waals surface area contributed by atoms with Gasteiger partial charge in [-0.2, -0.15) is 0 Å². The topological polar surface area (TPSA) is 84.1 Å². The highest BCUT2D eigenvalue weighted by Gasteiger charge is 2.21. The molecule has 0 saturated carbocycles. The van der Waals surface area contributed by atoms with E-state index in [-0.39, 0.29) is 9.23 Å². The Kier molecular flexibility index (Phi) is 6.22. The maximum atomic E-state index is 12.7. The Morgan fingerprint density at radius 2 is 1.68 bits per heavy atom. The molecule has 6 nitrogen and oxygen atoms in total. The SMILES string of the molecule is O=S(=O)(Nc1ccc2[nH]c(Cc3ccc(Oc4ccccc4)cc3)nc2c1)c1cc(Cl)sc1Cl. The Morgan fingerprint density at radius 3 is 2.38 bits per heavy atom. The number of halogens is 2. The Bertz CT molecular complexity index is 1560. The van der Waals surface area contributed by atoms with Gasteiger partial charge in [-0.15, -0.1) is 11.3 Å². The summed E-state index contributed by atoms with van der Waals surface area (Å²) >= 11 is 12.9. The van der Waals surface area contributed by atoms with Crippen molar-refractivity contribution in [2.24, 2.45) is 0 Å².